The van der Waals surface area contributed by atoms with Gasteiger partial charge in [-0.05, 0) is 37.7 Å². The molecule has 2 N–H and O–H groups in total. The number of nitrogens with one attached hydrogen (secondary N) is 2. The number of hydrogen-bond donors (Lipinski definition) is 2. The Labute approximate surface area is 77.9 Å². The molecular weight excluding hydrogens is 162 g/mol. The maximum atomic E-state index is 4.12. The Morgan fingerprint density at radius 2 is 2.31 bits per heavy atom. The molecule has 0 aromatic carbocycles. The number of fused-ring (bicyclic) bond motifs is 1. The van der Waals surface area contributed by atoms with Gasteiger partial charge in [-0.15, -0.1) is 0 Å². The van der Waals surface area contributed by atoms with Crippen LogP contribution in [0.2, 0.25) is 0 Å². The molecule has 2 aliphatic carbocycles. The highest BCUT2D eigenvalue weighted by atomic mass is 15.1. The zero-order valence-electron chi connectivity index (χ0n) is 7.71. The van der Waals surface area contributed by atoms with E-state index in [9.17, 15) is 0 Å². The normalized spacial score (nSPS) is 27.2. The van der Waals surface area contributed by atoms with E-state index in [4.69, 9.17) is 0 Å². The molecule has 1 atom stereocenters. The van der Waals surface area contributed by atoms with Gasteiger partial charge < -0.3 is 5.32 Å². The van der Waals surface area contributed by atoms with E-state index in [0.717, 1.165) is 6.04 Å². The van der Waals surface area contributed by atoms with Crippen molar-refractivity contribution < 1.29 is 0 Å². The molecule has 0 bridgehead atoms. The third-order valence-electron chi connectivity index (χ3n) is 3.05. The third-order valence-corrected chi connectivity index (χ3v) is 3.05. The summed E-state index contributed by atoms with van der Waals surface area (Å²) < 4.78 is 0. The molecule has 0 saturated heterocycles. The lowest BCUT2D eigenvalue weighted by Gasteiger charge is -2.22. The first-order chi connectivity index (χ1) is 6.43. The summed E-state index contributed by atoms with van der Waals surface area (Å²) in [7, 11) is 0. The second-order valence-electron chi connectivity index (χ2n) is 4.19. The molecule has 3 nitrogen and oxygen atoms in total. The molecule has 1 saturated carbocycles. The van der Waals surface area contributed by atoms with E-state index in [1.54, 1.807) is 0 Å². The lowest BCUT2D eigenvalue weighted by atomic mass is 9.94. The fourth-order valence-corrected chi connectivity index (χ4v) is 2.16. The van der Waals surface area contributed by atoms with Gasteiger partial charge in [-0.2, -0.15) is 5.10 Å². The van der Waals surface area contributed by atoms with Crippen LogP contribution >= 0.6 is 0 Å². The molecule has 1 heterocycles. The predicted molar refractivity (Wildman–Crippen MR) is 50.4 cm³/mol. The highest BCUT2D eigenvalue weighted by Crippen LogP contribution is 2.31. The first-order valence-corrected chi connectivity index (χ1v) is 5.21. The molecule has 70 valence electrons. The van der Waals surface area contributed by atoms with Gasteiger partial charge in [0.1, 0.15) is 0 Å². The number of aromatic nitrogens is 2. The van der Waals surface area contributed by atoms with Crippen molar-refractivity contribution in [3.63, 3.8) is 0 Å². The van der Waals surface area contributed by atoms with Crippen LogP contribution in [0.5, 0.6) is 0 Å². The van der Waals surface area contributed by atoms with Crippen LogP contribution in [-0.4, -0.2) is 16.2 Å². The summed E-state index contributed by atoms with van der Waals surface area (Å²) in [6, 6.07) is 1.35. The Kier molecular flexibility index (Phi) is 1.65. The second kappa shape index (κ2) is 2.84. The monoisotopic (exact) mass is 177 g/mol. The molecule has 3 rings (SSSR count). The van der Waals surface area contributed by atoms with Gasteiger partial charge in [-0.1, -0.05) is 0 Å². The van der Waals surface area contributed by atoms with E-state index in [2.05, 4.69) is 15.5 Å². The zero-order valence-corrected chi connectivity index (χ0v) is 7.71. The van der Waals surface area contributed by atoms with Gasteiger partial charge in [0.25, 0.3) is 0 Å². The van der Waals surface area contributed by atoms with Gasteiger partial charge in [-0.25, -0.2) is 0 Å². The number of aryl methyl sites for hydroxylation is 1. The maximum absolute atomic E-state index is 4.12. The molecule has 1 aromatic heterocycles. The van der Waals surface area contributed by atoms with E-state index in [1.165, 1.54) is 43.4 Å². The van der Waals surface area contributed by atoms with Crippen molar-refractivity contribution in [2.75, 3.05) is 0 Å². The number of rotatable bonds is 2. The molecule has 3 heteroatoms. The van der Waals surface area contributed by atoms with Crippen LogP contribution in [0.1, 0.15) is 43.0 Å². The minimum Gasteiger partial charge on any atom is -0.306 e. The molecule has 0 aliphatic heterocycles. The Balaban J connectivity index is 1.81. The average molecular weight is 177 g/mol. The molecule has 0 amide bonds. The standard InChI is InChI=1S/C10H15N3/c1-2-7-6-11-13-10(7)9(3-1)12-8-4-5-8/h6,8-9,12H,1-5H2,(H,11,13). The van der Waals surface area contributed by atoms with Gasteiger partial charge >= 0.3 is 0 Å². The Morgan fingerprint density at radius 3 is 3.15 bits per heavy atom. The average Bonchev–Trinajstić information content (AvgIpc) is 2.83. The minimum absolute atomic E-state index is 0.554. The van der Waals surface area contributed by atoms with E-state index < -0.39 is 0 Å². The van der Waals surface area contributed by atoms with Crippen molar-refractivity contribution in [3.8, 4) is 0 Å². The highest BCUT2D eigenvalue weighted by Gasteiger charge is 2.28. The Hall–Kier alpha value is -0.830. The molecule has 0 spiro atoms. The number of nitrogens with zero attached hydrogens (tertiary/aromatic N) is 1. The quantitative estimate of drug-likeness (QED) is 0.719. The Morgan fingerprint density at radius 1 is 1.38 bits per heavy atom. The number of hydrogen-bond acceptors (Lipinski definition) is 2. The lowest BCUT2D eigenvalue weighted by molar-refractivity contribution is 0.448. The van der Waals surface area contributed by atoms with Gasteiger partial charge in [0.2, 0.25) is 0 Å². The van der Waals surface area contributed by atoms with E-state index >= 15 is 0 Å². The van der Waals surface area contributed by atoms with Crippen LogP contribution in [0.4, 0.5) is 0 Å². The number of H-pyrrole nitrogens is 1. The largest absolute Gasteiger partial charge is 0.306 e. The first-order valence-electron chi connectivity index (χ1n) is 5.21. The van der Waals surface area contributed by atoms with Crippen molar-refractivity contribution in [2.45, 2.75) is 44.2 Å². The SMILES string of the molecule is c1n[nH]c2c1CCCC2NC1CC1. The molecule has 0 radical (unpaired) electrons. The van der Waals surface area contributed by atoms with Crippen molar-refractivity contribution >= 4 is 0 Å². The van der Waals surface area contributed by atoms with Gasteiger partial charge in [0.05, 0.1) is 11.9 Å². The summed E-state index contributed by atoms with van der Waals surface area (Å²) in [5.41, 5.74) is 2.77. The maximum Gasteiger partial charge on any atom is 0.0553 e. The fraction of sp³-hybridized carbons (Fsp3) is 0.700. The summed E-state index contributed by atoms with van der Waals surface area (Å²) in [6.07, 6.45) is 8.48. The summed E-state index contributed by atoms with van der Waals surface area (Å²) >= 11 is 0. The van der Waals surface area contributed by atoms with E-state index in [-0.39, 0.29) is 0 Å². The molecule has 1 fully saturated rings. The molecule has 1 unspecified atom stereocenters. The first kappa shape index (κ1) is 7.56. The molecule has 2 aliphatic rings. The topological polar surface area (TPSA) is 40.7 Å². The predicted octanol–water partition coefficient (Wildman–Crippen LogP) is 1.54. The van der Waals surface area contributed by atoms with Crippen molar-refractivity contribution in [1.29, 1.82) is 0 Å². The van der Waals surface area contributed by atoms with Gasteiger partial charge in [-0.3, -0.25) is 5.10 Å². The van der Waals surface area contributed by atoms with Crippen LogP contribution in [0.15, 0.2) is 6.20 Å². The van der Waals surface area contributed by atoms with Crippen LogP contribution in [-0.2, 0) is 6.42 Å². The summed E-state index contributed by atoms with van der Waals surface area (Å²) in [5, 5.41) is 10.9. The second-order valence-corrected chi connectivity index (χ2v) is 4.19. The molecule has 13 heavy (non-hydrogen) atoms. The molecular formula is C10H15N3. The Bertz CT molecular complexity index is 301. The van der Waals surface area contributed by atoms with Crippen molar-refractivity contribution in [3.05, 3.63) is 17.5 Å². The summed E-state index contributed by atoms with van der Waals surface area (Å²) in [4.78, 5) is 0. The summed E-state index contributed by atoms with van der Waals surface area (Å²) in [6.45, 7) is 0. The molecule has 1 aromatic rings. The van der Waals surface area contributed by atoms with Crippen molar-refractivity contribution in [2.24, 2.45) is 0 Å². The van der Waals surface area contributed by atoms with Gasteiger partial charge in [0, 0.05) is 12.1 Å². The van der Waals surface area contributed by atoms with Crippen molar-refractivity contribution in [1.82, 2.24) is 15.5 Å². The van der Waals surface area contributed by atoms with E-state index in [0.29, 0.717) is 6.04 Å². The van der Waals surface area contributed by atoms with Crippen LogP contribution < -0.4 is 5.32 Å². The zero-order chi connectivity index (χ0) is 8.67. The third kappa shape index (κ3) is 1.37. The summed E-state index contributed by atoms with van der Waals surface area (Å²) in [5.74, 6) is 0. The lowest BCUT2D eigenvalue weighted by Crippen LogP contribution is -2.26. The van der Waals surface area contributed by atoms with Crippen LogP contribution in [0.3, 0.4) is 0 Å². The fourth-order valence-electron chi connectivity index (χ4n) is 2.16. The van der Waals surface area contributed by atoms with Crippen LogP contribution in [0.25, 0.3) is 0 Å². The van der Waals surface area contributed by atoms with E-state index in [1.807, 2.05) is 6.20 Å². The van der Waals surface area contributed by atoms with Gasteiger partial charge in [0.15, 0.2) is 0 Å². The minimum atomic E-state index is 0.554. The highest BCUT2D eigenvalue weighted by molar-refractivity contribution is 5.23. The number of aromatic amines is 1. The van der Waals surface area contributed by atoms with Crippen LogP contribution in [0, 0.1) is 0 Å². The smallest absolute Gasteiger partial charge is 0.0553 e.